The van der Waals surface area contributed by atoms with E-state index in [1.807, 2.05) is 6.92 Å². The molecule has 0 aromatic heterocycles. The first-order chi connectivity index (χ1) is 8.21. The van der Waals surface area contributed by atoms with Crippen LogP contribution in [0.5, 0.6) is 0 Å². The zero-order chi connectivity index (χ0) is 14.0. The first kappa shape index (κ1) is 16.7. The predicted octanol–water partition coefficient (Wildman–Crippen LogP) is 5.52. The summed E-state index contributed by atoms with van der Waals surface area (Å²) in [6.07, 6.45) is 0.720. The molecule has 1 nitrogen and oxygen atoms in total. The lowest BCUT2D eigenvalue weighted by atomic mass is 9.97. The molecular weight excluding hydrogens is 337 g/mol. The molecule has 0 bridgehead atoms. The second kappa shape index (κ2) is 6.39. The van der Waals surface area contributed by atoms with Gasteiger partial charge in [-0.1, -0.05) is 95.6 Å². The number of hydrogen-bond acceptors (Lipinski definition) is 1. The Labute approximate surface area is 132 Å². The van der Waals surface area contributed by atoms with Gasteiger partial charge in [-0.25, -0.2) is 0 Å². The molecule has 102 valence electrons. The van der Waals surface area contributed by atoms with E-state index < -0.39 is 14.2 Å². The smallest absolute Gasteiger partial charge is 0.227 e. The third-order valence-electron chi connectivity index (χ3n) is 2.58. The van der Waals surface area contributed by atoms with Crippen LogP contribution in [0, 0.1) is 0 Å². The molecule has 0 aliphatic heterocycles. The fourth-order valence-corrected chi connectivity index (χ4v) is 2.30. The summed E-state index contributed by atoms with van der Waals surface area (Å²) in [5.74, 6) is 0. The highest BCUT2D eigenvalue weighted by Crippen LogP contribution is 2.54. The highest BCUT2D eigenvalue weighted by Gasteiger charge is 2.48. The molecule has 6 heteroatoms. The molecule has 0 spiro atoms. The largest absolute Gasteiger partial charge is 0.388 e. The van der Waals surface area contributed by atoms with E-state index in [0.717, 1.165) is 6.42 Å². The molecule has 0 fully saturated rings. The molecule has 18 heavy (non-hydrogen) atoms. The maximum Gasteiger partial charge on any atom is 0.227 e. The fourth-order valence-electron chi connectivity index (χ4n) is 1.66. The van der Waals surface area contributed by atoms with Crippen LogP contribution < -0.4 is 0 Å². The van der Waals surface area contributed by atoms with Crippen LogP contribution in [0.1, 0.15) is 37.0 Å². The minimum atomic E-state index is -1.89. The fraction of sp³-hybridized carbons (Fsp3) is 0.500. The van der Waals surface area contributed by atoms with Gasteiger partial charge in [-0.3, -0.25) is 0 Å². The second-order valence-corrected chi connectivity index (χ2v) is 7.57. The number of alkyl halides is 5. The van der Waals surface area contributed by atoms with Crippen LogP contribution in [-0.4, -0.2) is 8.90 Å². The van der Waals surface area contributed by atoms with Crippen molar-refractivity contribution in [3.05, 3.63) is 35.4 Å². The van der Waals surface area contributed by atoms with Crippen LogP contribution in [0.25, 0.3) is 0 Å². The van der Waals surface area contributed by atoms with Crippen molar-refractivity contribution in [2.75, 3.05) is 0 Å². The third kappa shape index (κ3) is 3.59. The first-order valence-electron chi connectivity index (χ1n) is 5.43. The lowest BCUT2D eigenvalue weighted by molar-refractivity contribution is 0.165. The van der Waals surface area contributed by atoms with Gasteiger partial charge in [0.1, 0.15) is 0 Å². The molecule has 0 radical (unpaired) electrons. The van der Waals surface area contributed by atoms with E-state index >= 15 is 0 Å². The number of hydrogen-bond donors (Lipinski definition) is 1. The lowest BCUT2D eigenvalue weighted by Gasteiger charge is -2.30. The van der Waals surface area contributed by atoms with Gasteiger partial charge in [0.05, 0.1) is 6.10 Å². The zero-order valence-electron chi connectivity index (χ0n) is 9.64. The Hall–Kier alpha value is 0.630. The van der Waals surface area contributed by atoms with E-state index in [0.29, 0.717) is 17.5 Å². The minimum absolute atomic E-state index is 0.411. The SMILES string of the molecule is CCCC(O)c1ccccc1C(Cl)(Cl)C(Cl)(Cl)Cl. The Bertz CT molecular complexity index is 400. The van der Waals surface area contributed by atoms with Crippen molar-refractivity contribution in [3.8, 4) is 0 Å². The second-order valence-electron chi connectivity index (χ2n) is 3.96. The average Bonchev–Trinajstić information content (AvgIpc) is 2.28. The summed E-state index contributed by atoms with van der Waals surface area (Å²) in [4.78, 5) is 0. The summed E-state index contributed by atoms with van der Waals surface area (Å²) < 4.78 is -3.61. The van der Waals surface area contributed by atoms with Gasteiger partial charge in [0.15, 0.2) is 4.33 Å². The predicted molar refractivity (Wildman–Crippen MR) is 80.0 cm³/mol. The minimum Gasteiger partial charge on any atom is -0.388 e. The molecule has 0 aliphatic carbocycles. The zero-order valence-corrected chi connectivity index (χ0v) is 13.4. The van der Waals surface area contributed by atoms with Gasteiger partial charge in [-0.15, -0.1) is 0 Å². The van der Waals surface area contributed by atoms with Gasteiger partial charge in [-0.2, -0.15) is 0 Å². The molecule has 0 aliphatic rings. The maximum atomic E-state index is 10.1. The number of aliphatic hydroxyl groups excluding tert-OH is 1. The van der Waals surface area contributed by atoms with Crippen molar-refractivity contribution < 1.29 is 5.11 Å². The molecule has 0 heterocycles. The first-order valence-corrected chi connectivity index (χ1v) is 7.32. The number of halogens is 5. The lowest BCUT2D eigenvalue weighted by Crippen LogP contribution is -2.30. The van der Waals surface area contributed by atoms with Crippen molar-refractivity contribution in [1.29, 1.82) is 0 Å². The average molecular weight is 350 g/mol. The highest BCUT2D eigenvalue weighted by molar-refractivity contribution is 6.75. The van der Waals surface area contributed by atoms with Crippen molar-refractivity contribution in [1.82, 2.24) is 0 Å². The van der Waals surface area contributed by atoms with Crippen molar-refractivity contribution in [2.45, 2.75) is 34.0 Å². The van der Waals surface area contributed by atoms with Crippen molar-refractivity contribution in [2.24, 2.45) is 0 Å². The number of rotatable bonds is 4. The van der Waals surface area contributed by atoms with Crippen LogP contribution in [0.15, 0.2) is 24.3 Å². The summed E-state index contributed by atoms with van der Waals surface area (Å²) in [5.41, 5.74) is 0.991. The van der Waals surface area contributed by atoms with Gasteiger partial charge in [-0.05, 0) is 17.5 Å². The Morgan fingerprint density at radius 1 is 1.11 bits per heavy atom. The summed E-state index contributed by atoms with van der Waals surface area (Å²) in [7, 11) is 0. The molecule has 1 unspecified atom stereocenters. The Balaban J connectivity index is 3.25. The number of aliphatic hydroxyl groups is 1. The molecule has 0 saturated heterocycles. The van der Waals surface area contributed by atoms with Gasteiger partial charge in [0.25, 0.3) is 0 Å². The van der Waals surface area contributed by atoms with E-state index in [1.54, 1.807) is 24.3 Å². The van der Waals surface area contributed by atoms with Crippen LogP contribution in [0.3, 0.4) is 0 Å². The van der Waals surface area contributed by atoms with Crippen LogP contribution in [0.2, 0.25) is 0 Å². The molecule has 1 atom stereocenters. The van der Waals surface area contributed by atoms with Crippen LogP contribution in [0.4, 0.5) is 0 Å². The van der Waals surface area contributed by atoms with Crippen molar-refractivity contribution in [3.63, 3.8) is 0 Å². The Kier molecular flexibility index (Phi) is 5.92. The third-order valence-corrected chi connectivity index (χ3v) is 4.98. The molecule has 0 saturated carbocycles. The molecular formula is C12H13Cl5O. The topological polar surface area (TPSA) is 20.2 Å². The Morgan fingerprint density at radius 2 is 1.67 bits per heavy atom. The van der Waals surface area contributed by atoms with E-state index in [4.69, 9.17) is 58.0 Å². The van der Waals surface area contributed by atoms with E-state index in [1.165, 1.54) is 0 Å². The monoisotopic (exact) mass is 348 g/mol. The van der Waals surface area contributed by atoms with Gasteiger partial charge in [0, 0.05) is 0 Å². The van der Waals surface area contributed by atoms with E-state index in [2.05, 4.69) is 0 Å². The molecule has 0 amide bonds. The Morgan fingerprint density at radius 3 is 2.17 bits per heavy atom. The van der Waals surface area contributed by atoms with E-state index in [-0.39, 0.29) is 0 Å². The molecule has 1 rings (SSSR count). The van der Waals surface area contributed by atoms with Gasteiger partial charge in [0.2, 0.25) is 3.79 Å². The summed E-state index contributed by atoms with van der Waals surface area (Å²) >= 11 is 29.7. The molecule has 1 aromatic rings. The van der Waals surface area contributed by atoms with Crippen LogP contribution >= 0.6 is 58.0 Å². The normalized spacial score (nSPS) is 14.6. The van der Waals surface area contributed by atoms with Crippen molar-refractivity contribution >= 4 is 58.0 Å². The maximum absolute atomic E-state index is 10.1. The van der Waals surface area contributed by atoms with Gasteiger partial charge >= 0.3 is 0 Å². The summed E-state index contributed by atoms with van der Waals surface area (Å²) in [5, 5.41) is 10.1. The molecule has 1 N–H and O–H groups in total. The molecule has 1 aromatic carbocycles. The summed E-state index contributed by atoms with van der Waals surface area (Å²) in [6.45, 7) is 1.97. The van der Waals surface area contributed by atoms with E-state index in [9.17, 15) is 5.11 Å². The number of benzene rings is 1. The quantitative estimate of drug-likeness (QED) is 0.709. The van der Waals surface area contributed by atoms with Gasteiger partial charge < -0.3 is 5.11 Å². The van der Waals surface area contributed by atoms with Crippen LogP contribution in [-0.2, 0) is 4.33 Å². The summed E-state index contributed by atoms with van der Waals surface area (Å²) in [6, 6.07) is 6.88. The highest BCUT2D eigenvalue weighted by atomic mass is 35.6. The standard InChI is InChI=1S/C12H13Cl5O/c1-2-5-10(18)8-6-3-4-7-9(8)11(13,14)12(15,16)17/h3-4,6-7,10,18H,2,5H2,1H3.